The zero-order valence-corrected chi connectivity index (χ0v) is 42.8. The van der Waals surface area contributed by atoms with Gasteiger partial charge < -0.3 is 5.11 Å². The number of aromatic hydroxyl groups is 1. The van der Waals surface area contributed by atoms with Gasteiger partial charge in [-0.2, -0.15) is 0 Å². The molecule has 0 radical (unpaired) electrons. The molecule has 9 rings (SSSR count). The third kappa shape index (κ3) is 9.25. The Morgan fingerprint density at radius 2 is 1.13 bits per heavy atom. The van der Waals surface area contributed by atoms with Crippen LogP contribution in [0.3, 0.4) is 0 Å². The molecule has 9 aromatic rings. The molecule has 0 saturated heterocycles. The van der Waals surface area contributed by atoms with E-state index in [2.05, 4.69) is 144 Å². The van der Waals surface area contributed by atoms with Crippen LogP contribution in [0.1, 0.15) is 125 Å². The second-order valence-corrected chi connectivity index (χ2v) is 23.0. The topological polar surface area (TPSA) is 50.9 Å². The number of phenolic OH excluding ortho intramolecular Hbond substituents is 1. The van der Waals surface area contributed by atoms with Gasteiger partial charge >= 0.3 is 0 Å². The minimum atomic E-state index is -2.58. The van der Waals surface area contributed by atoms with Crippen LogP contribution >= 0.6 is 0 Å². The molecule has 0 spiro atoms. The first-order chi connectivity index (χ1) is 35.4. The number of para-hydroxylation sites is 1. The van der Waals surface area contributed by atoms with E-state index in [9.17, 15) is 9.22 Å². The number of aryl methyl sites for hydroxylation is 2. The van der Waals surface area contributed by atoms with Gasteiger partial charge in [0.1, 0.15) is 11.6 Å². The van der Waals surface area contributed by atoms with Crippen molar-refractivity contribution in [2.45, 2.75) is 118 Å². The lowest BCUT2D eigenvalue weighted by Crippen LogP contribution is -2.17. The minimum Gasteiger partial charge on any atom is -0.507 e. The molecule has 0 aliphatic carbocycles. The monoisotopic (exact) mass is 926 g/mol. The highest BCUT2D eigenvalue weighted by atomic mass is 16.3. The molecule has 2 aromatic heterocycles. The Morgan fingerprint density at radius 1 is 0.471 bits per heavy atom. The third-order valence-electron chi connectivity index (χ3n) is 13.6. The molecule has 2 heterocycles. The second kappa shape index (κ2) is 17.7. The first kappa shape index (κ1) is 40.8. The molecule has 0 aliphatic rings. The lowest BCUT2D eigenvalue weighted by molar-refractivity contribution is 0.446. The Bertz CT molecular complexity index is 3650. The van der Waals surface area contributed by atoms with Gasteiger partial charge in [-0.15, -0.1) is 0 Å². The van der Waals surface area contributed by atoms with E-state index >= 15 is 0 Å². The maximum atomic E-state index is 12.7. The van der Waals surface area contributed by atoms with E-state index in [1.54, 1.807) is 18.3 Å². The summed E-state index contributed by atoms with van der Waals surface area (Å²) in [6, 6.07) is 49.9. The maximum Gasteiger partial charge on any atom is 0.149 e. The van der Waals surface area contributed by atoms with E-state index in [1.165, 1.54) is 0 Å². The highest BCUT2D eigenvalue weighted by Gasteiger charge is 2.30. The zero-order chi connectivity index (χ0) is 55.1. The highest BCUT2D eigenvalue weighted by Crippen LogP contribution is 2.47. The lowest BCUT2D eigenvalue weighted by atomic mass is 9.78. The normalized spacial score (nSPS) is 14.1. The number of hydrogen-bond acceptors (Lipinski definition) is 3. The van der Waals surface area contributed by atoms with Crippen molar-refractivity contribution in [2.24, 2.45) is 0 Å². The molecule has 7 aromatic carbocycles. The fourth-order valence-corrected chi connectivity index (χ4v) is 9.59. The van der Waals surface area contributed by atoms with Gasteiger partial charge in [0, 0.05) is 31.1 Å². The van der Waals surface area contributed by atoms with Crippen LogP contribution in [0.15, 0.2) is 158 Å². The molecule has 0 fully saturated rings. The van der Waals surface area contributed by atoms with Crippen molar-refractivity contribution in [2.75, 3.05) is 0 Å². The van der Waals surface area contributed by atoms with Crippen molar-refractivity contribution >= 4 is 11.0 Å². The van der Waals surface area contributed by atoms with Crippen molar-refractivity contribution in [1.82, 2.24) is 14.5 Å². The smallest absolute Gasteiger partial charge is 0.149 e. The van der Waals surface area contributed by atoms with Crippen LogP contribution in [0.5, 0.6) is 5.75 Å². The largest absolute Gasteiger partial charge is 0.507 e. The Labute approximate surface area is 425 Å². The van der Waals surface area contributed by atoms with Gasteiger partial charge in [-0.05, 0) is 145 Å². The number of phenols is 1. The predicted molar refractivity (Wildman–Crippen MR) is 297 cm³/mol. The van der Waals surface area contributed by atoms with Crippen molar-refractivity contribution in [1.29, 1.82) is 0 Å². The van der Waals surface area contributed by atoms with E-state index in [0.29, 0.717) is 28.1 Å². The summed E-state index contributed by atoms with van der Waals surface area (Å²) in [5.41, 5.74) is 14.2. The summed E-state index contributed by atoms with van der Waals surface area (Å²) in [6.45, 7) is 21.0. The molecule has 4 heteroatoms. The number of nitrogens with zero attached hydrogens (tertiary/aromatic N) is 3. The van der Waals surface area contributed by atoms with E-state index in [-0.39, 0.29) is 33.1 Å². The number of pyridine rings is 1. The van der Waals surface area contributed by atoms with Gasteiger partial charge in [-0.1, -0.05) is 192 Å². The SMILES string of the molecule is [2H]C([2H])([2H])c1ccc(-c2ccnc(-c3cc(-c4cccc5c4nc(-c4cc(C(C)(C)C)cc(C(C)(C)C)c4O)n5-c4ccc(-c5c(-c6ccccc6)cccc5C(C)(C)C)cc4C([2H])([2H])[2H])cc(C(C)(C)C)c3)c2)cc1. The van der Waals surface area contributed by atoms with Crippen molar-refractivity contribution in [3.8, 4) is 78.6 Å². The Balaban J connectivity index is 1.34. The zero-order valence-electron chi connectivity index (χ0n) is 48.8. The van der Waals surface area contributed by atoms with E-state index in [0.717, 1.165) is 78.0 Å². The van der Waals surface area contributed by atoms with Crippen molar-refractivity contribution < 1.29 is 13.3 Å². The molecule has 70 heavy (non-hydrogen) atoms. The second-order valence-electron chi connectivity index (χ2n) is 23.0. The van der Waals surface area contributed by atoms with Gasteiger partial charge in [0.15, 0.2) is 0 Å². The number of benzene rings is 7. The van der Waals surface area contributed by atoms with Crippen LogP contribution in [-0.2, 0) is 21.7 Å². The molecule has 0 unspecified atom stereocenters. The van der Waals surface area contributed by atoms with E-state index < -0.39 is 19.1 Å². The van der Waals surface area contributed by atoms with Gasteiger partial charge in [-0.3, -0.25) is 9.55 Å². The van der Waals surface area contributed by atoms with E-state index in [4.69, 9.17) is 14.1 Å². The average molecular weight is 926 g/mol. The Morgan fingerprint density at radius 3 is 1.80 bits per heavy atom. The average Bonchev–Trinajstić information content (AvgIpc) is 3.78. The van der Waals surface area contributed by atoms with Crippen LogP contribution in [0.4, 0.5) is 0 Å². The summed E-state index contributed by atoms with van der Waals surface area (Å²) in [4.78, 5) is 10.5. The van der Waals surface area contributed by atoms with Crippen molar-refractivity contribution in [3.05, 3.63) is 191 Å². The number of fused-ring (bicyclic) bond motifs is 1. The summed E-state index contributed by atoms with van der Waals surface area (Å²) < 4.78 is 53.6. The number of rotatable bonds is 7. The number of imidazole rings is 1. The van der Waals surface area contributed by atoms with Crippen LogP contribution in [-0.4, -0.2) is 19.6 Å². The fraction of sp³-hybridized carbons (Fsp3) is 0.273. The number of aromatic nitrogens is 3. The van der Waals surface area contributed by atoms with Gasteiger partial charge in [0.25, 0.3) is 0 Å². The molecule has 0 atom stereocenters. The van der Waals surface area contributed by atoms with Gasteiger partial charge in [0.05, 0.1) is 28.0 Å². The first-order valence-corrected chi connectivity index (χ1v) is 24.4. The Kier molecular flexibility index (Phi) is 10.3. The van der Waals surface area contributed by atoms with Crippen LogP contribution in [0.25, 0.3) is 83.9 Å². The fourth-order valence-electron chi connectivity index (χ4n) is 9.59. The maximum absolute atomic E-state index is 12.7. The molecule has 0 aliphatic heterocycles. The van der Waals surface area contributed by atoms with Crippen LogP contribution < -0.4 is 0 Å². The molecule has 0 saturated carbocycles. The van der Waals surface area contributed by atoms with E-state index in [1.807, 2.05) is 83.4 Å². The molecular weight excluding hydrogens is 851 g/mol. The third-order valence-corrected chi connectivity index (χ3v) is 13.6. The summed E-state index contributed by atoms with van der Waals surface area (Å²) in [6.07, 6.45) is 1.78. The minimum absolute atomic E-state index is 0.0910. The summed E-state index contributed by atoms with van der Waals surface area (Å²) in [5.74, 6) is 0.509. The molecule has 4 nitrogen and oxygen atoms in total. The highest BCUT2D eigenvalue weighted by molar-refractivity contribution is 5.97. The van der Waals surface area contributed by atoms with Crippen LogP contribution in [0, 0.1) is 13.7 Å². The van der Waals surface area contributed by atoms with Crippen molar-refractivity contribution in [3.63, 3.8) is 0 Å². The molecule has 354 valence electrons. The van der Waals surface area contributed by atoms with Gasteiger partial charge in [-0.25, -0.2) is 4.98 Å². The summed E-state index contributed by atoms with van der Waals surface area (Å²) in [7, 11) is 0. The molecule has 1 N–H and O–H groups in total. The summed E-state index contributed by atoms with van der Waals surface area (Å²) >= 11 is 0. The van der Waals surface area contributed by atoms with Gasteiger partial charge in [0.2, 0.25) is 0 Å². The molecule has 0 bridgehead atoms. The molecule has 0 amide bonds. The Hall–Kier alpha value is -7.04. The van der Waals surface area contributed by atoms with Crippen LogP contribution in [0.2, 0.25) is 0 Å². The predicted octanol–water partition coefficient (Wildman–Crippen LogP) is 17.9. The first-order valence-electron chi connectivity index (χ1n) is 27.4. The molecular formula is C66H69N3O. The summed E-state index contributed by atoms with van der Waals surface area (Å²) in [5, 5.41) is 12.7. The standard InChI is InChI=1S/C66H69N3O/c1-41-26-28-43(29-27-41)45-32-33-67-56(38-45)48-35-47(36-49(37-48)63(3,4)5)52-23-19-25-58-60(52)68-62(53-39-50(64(6,7)8)40-55(61(53)70)66(12,13)14)69(58)57-31-30-46(34-42(57)2)59-51(44-20-16-15-17-21-44)22-18-24-54(59)65(9,10)11/h15-40,70H,1-14H3/i1D3,2D3. The quantitative estimate of drug-likeness (QED) is 0.173. The lowest BCUT2D eigenvalue weighted by Gasteiger charge is -2.28. The number of hydrogen-bond donors (Lipinski definition) is 1.